The Morgan fingerprint density at radius 1 is 0.927 bits per heavy atom. The van der Waals surface area contributed by atoms with Crippen LogP contribution in [0.4, 0.5) is 0 Å². The minimum atomic E-state index is -1.54. The smallest absolute Gasteiger partial charge is 0.311 e. The molecule has 4 aliphatic heterocycles. The lowest BCUT2D eigenvalue weighted by molar-refractivity contribution is -0.318. The number of hydrogen-bond donors (Lipinski definition) is 4. The average molecular weight is 789 g/mol. The Morgan fingerprint density at radius 2 is 1.56 bits per heavy atom. The fraction of sp³-hybridized carbons (Fsp3) is 0.976. The van der Waals surface area contributed by atoms with Crippen molar-refractivity contribution < 1.29 is 58.4 Å². The number of carbonyl (C=O) groups is 1. The zero-order chi connectivity index (χ0) is 41.4. The maximum absolute atomic E-state index is 14.5. The Kier molecular flexibility index (Phi) is 15.7. The molecule has 0 amide bonds. The van der Waals surface area contributed by atoms with Crippen LogP contribution in [-0.2, 0) is 38.0 Å². The first-order valence-electron chi connectivity index (χ1n) is 20.7. The fourth-order valence-electron chi connectivity index (χ4n) is 9.86. The number of carbonyl (C=O) groups excluding carboxylic acids is 1. The van der Waals surface area contributed by atoms with E-state index in [4.69, 9.17) is 33.2 Å². The number of ether oxygens (including phenoxy) is 7. The molecule has 55 heavy (non-hydrogen) atoms. The number of cyclic esters (lactones) is 1. The van der Waals surface area contributed by atoms with E-state index in [1.165, 1.54) is 7.11 Å². The maximum atomic E-state index is 14.5. The molecule has 4 fully saturated rings. The van der Waals surface area contributed by atoms with Crippen LogP contribution in [0.5, 0.6) is 0 Å². The van der Waals surface area contributed by atoms with Crippen molar-refractivity contribution in [2.24, 2.45) is 23.7 Å². The van der Waals surface area contributed by atoms with E-state index in [9.17, 15) is 25.2 Å². The SMILES string of the molecule is CC[C@H]1OC(=O)[C@H](C)[C@@H](O[C@H]2C[C@@](C)(OC)[C@@H](O)[C@H](C)O2)[C@H](C)[C@@H](O[C@@H]2O[C@H](C)C[C@H](N(C)C)[C@H]2O)[C@](C)(O)C[C@@H](C)CN2CC(C)CO[C@@H]([C@H]2C)[C@]1(C)O. The van der Waals surface area contributed by atoms with Gasteiger partial charge in [0, 0.05) is 44.6 Å². The zero-order valence-electron chi connectivity index (χ0n) is 36.1. The Labute approximate surface area is 330 Å². The van der Waals surface area contributed by atoms with Crippen LogP contribution in [-0.4, -0.2) is 167 Å². The minimum absolute atomic E-state index is 0.0644. The second-order valence-electron chi connectivity index (χ2n) is 18.6. The molecule has 0 aromatic carbocycles. The van der Waals surface area contributed by atoms with Gasteiger partial charge < -0.3 is 58.5 Å². The summed E-state index contributed by atoms with van der Waals surface area (Å²) in [6.07, 6.45) is -7.05. The Balaban J connectivity index is 1.84. The van der Waals surface area contributed by atoms with E-state index in [0.29, 0.717) is 32.4 Å². The van der Waals surface area contributed by atoms with Crippen LogP contribution in [0.1, 0.15) is 102 Å². The van der Waals surface area contributed by atoms with Gasteiger partial charge in [0.05, 0.1) is 48.1 Å². The highest BCUT2D eigenvalue weighted by molar-refractivity contribution is 5.73. The number of esters is 1. The molecule has 0 aliphatic carbocycles. The van der Waals surface area contributed by atoms with Crippen LogP contribution in [0.2, 0.25) is 0 Å². The van der Waals surface area contributed by atoms with E-state index >= 15 is 0 Å². The molecule has 4 rings (SSSR count). The third-order valence-corrected chi connectivity index (χ3v) is 13.1. The predicted octanol–water partition coefficient (Wildman–Crippen LogP) is 2.94. The number of nitrogens with zero attached hydrogens (tertiary/aromatic N) is 2. The van der Waals surface area contributed by atoms with Crippen LogP contribution in [0.25, 0.3) is 0 Å². The molecule has 14 nitrogen and oxygen atoms in total. The highest BCUT2D eigenvalue weighted by Crippen LogP contribution is 2.41. The van der Waals surface area contributed by atoms with Crippen molar-refractivity contribution in [3.05, 3.63) is 0 Å². The first-order valence-corrected chi connectivity index (χ1v) is 20.7. The molecule has 4 heterocycles. The number of fused-ring (bicyclic) bond motifs is 2. The minimum Gasteiger partial charge on any atom is -0.459 e. The van der Waals surface area contributed by atoms with Gasteiger partial charge in [-0.05, 0) is 93.7 Å². The molecule has 14 heteroatoms. The summed E-state index contributed by atoms with van der Waals surface area (Å²) in [5.41, 5.74) is -4.07. The summed E-state index contributed by atoms with van der Waals surface area (Å²) >= 11 is 0. The lowest BCUT2D eigenvalue weighted by Crippen LogP contribution is -2.60. The number of rotatable bonds is 7. The second kappa shape index (κ2) is 18.5. The van der Waals surface area contributed by atoms with E-state index in [0.717, 1.165) is 6.54 Å². The molecule has 0 spiro atoms. The second-order valence-corrected chi connectivity index (χ2v) is 18.6. The highest BCUT2D eigenvalue weighted by Gasteiger charge is 2.53. The van der Waals surface area contributed by atoms with Gasteiger partial charge in [0.2, 0.25) is 0 Å². The molecule has 4 aliphatic rings. The lowest BCUT2D eigenvalue weighted by atomic mass is 9.77. The van der Waals surface area contributed by atoms with Gasteiger partial charge in [-0.25, -0.2) is 0 Å². The third-order valence-electron chi connectivity index (χ3n) is 13.1. The van der Waals surface area contributed by atoms with Gasteiger partial charge >= 0.3 is 5.97 Å². The Morgan fingerprint density at radius 3 is 2.16 bits per heavy atom. The highest BCUT2D eigenvalue weighted by atomic mass is 16.7. The Bertz CT molecular complexity index is 1240. The molecule has 4 N–H and O–H groups in total. The van der Waals surface area contributed by atoms with Crippen molar-refractivity contribution in [3.8, 4) is 0 Å². The van der Waals surface area contributed by atoms with Gasteiger partial charge in [-0.3, -0.25) is 9.69 Å². The molecule has 20 atom stereocenters. The normalized spacial score (nSPS) is 51.1. The third kappa shape index (κ3) is 10.4. The number of likely N-dealkylation sites (N-methyl/N-ethyl adjacent to an activating group) is 1. The zero-order valence-corrected chi connectivity index (χ0v) is 36.1. The van der Waals surface area contributed by atoms with Crippen LogP contribution in [0.15, 0.2) is 0 Å². The number of aliphatic hydroxyl groups excluding tert-OH is 2. The van der Waals surface area contributed by atoms with E-state index in [1.807, 2.05) is 46.7 Å². The van der Waals surface area contributed by atoms with Gasteiger partial charge in [-0.2, -0.15) is 0 Å². The summed E-state index contributed by atoms with van der Waals surface area (Å²) in [6.45, 7) is 22.3. The molecule has 0 saturated carbocycles. The van der Waals surface area contributed by atoms with Gasteiger partial charge in [-0.1, -0.05) is 27.7 Å². The van der Waals surface area contributed by atoms with Gasteiger partial charge in [-0.15, -0.1) is 0 Å². The van der Waals surface area contributed by atoms with E-state index in [-0.39, 0.29) is 36.4 Å². The lowest BCUT2D eigenvalue weighted by Gasteiger charge is -2.48. The molecule has 0 aromatic heterocycles. The molecule has 0 radical (unpaired) electrons. The van der Waals surface area contributed by atoms with Crippen molar-refractivity contribution >= 4 is 5.97 Å². The van der Waals surface area contributed by atoms with Gasteiger partial charge in [0.15, 0.2) is 12.6 Å². The summed E-state index contributed by atoms with van der Waals surface area (Å²) in [6, 6.07) is -0.498. The average Bonchev–Trinajstić information content (AvgIpc) is 3.23. The number of hydrogen-bond acceptors (Lipinski definition) is 14. The van der Waals surface area contributed by atoms with Crippen molar-refractivity contribution in [2.45, 2.75) is 192 Å². The molecule has 0 aromatic rings. The fourth-order valence-corrected chi connectivity index (χ4v) is 9.86. The van der Waals surface area contributed by atoms with Crippen molar-refractivity contribution in [1.29, 1.82) is 0 Å². The molecule has 2 unspecified atom stereocenters. The molecular formula is C41H76N2O12. The van der Waals surface area contributed by atoms with Crippen LogP contribution < -0.4 is 0 Å². The number of aliphatic hydroxyl groups is 4. The molecule has 4 saturated heterocycles. The van der Waals surface area contributed by atoms with Crippen molar-refractivity contribution in [3.63, 3.8) is 0 Å². The summed E-state index contributed by atoms with van der Waals surface area (Å²) in [5, 5.41) is 47.6. The molecular weight excluding hydrogens is 712 g/mol. The topological polar surface area (TPSA) is 169 Å². The van der Waals surface area contributed by atoms with Crippen LogP contribution >= 0.6 is 0 Å². The van der Waals surface area contributed by atoms with E-state index in [2.05, 4.69) is 18.7 Å². The van der Waals surface area contributed by atoms with E-state index < -0.39 is 89.9 Å². The molecule has 2 bridgehead atoms. The monoisotopic (exact) mass is 789 g/mol. The Hall–Kier alpha value is -1.01. The van der Waals surface area contributed by atoms with Crippen LogP contribution in [0.3, 0.4) is 0 Å². The quantitative estimate of drug-likeness (QED) is 0.278. The van der Waals surface area contributed by atoms with Crippen molar-refractivity contribution in [1.82, 2.24) is 9.80 Å². The standard InChI is InChI=1S/C41H76N2O12/c1-15-30-41(11,48)36-27(7)43(20-23(3)21-50-36)19-22(2)17-39(9,47)35(55-38-32(44)29(42(12)13)16-24(4)51-38)25(5)33(26(6)37(46)53-30)54-31-18-40(10,49-14)34(45)28(8)52-31/h22-36,38,44-45,47-48H,15-21H2,1-14H3/t22-,23?,24-,25+,26-,27-,28+,29+,30-,31+,32-,33+,34+,35-,36+,38+,39-,40-,41-/m1/s1. The molecule has 322 valence electrons. The number of methoxy groups -OCH3 is 1. The maximum Gasteiger partial charge on any atom is 0.311 e. The summed E-state index contributed by atoms with van der Waals surface area (Å²) in [5.74, 6) is -2.17. The summed E-state index contributed by atoms with van der Waals surface area (Å²) < 4.78 is 44.5. The predicted molar refractivity (Wildman–Crippen MR) is 206 cm³/mol. The van der Waals surface area contributed by atoms with Gasteiger partial charge in [0.1, 0.15) is 30.0 Å². The van der Waals surface area contributed by atoms with Gasteiger partial charge in [0.25, 0.3) is 0 Å². The van der Waals surface area contributed by atoms with Crippen molar-refractivity contribution in [2.75, 3.05) is 40.9 Å². The van der Waals surface area contributed by atoms with E-state index in [1.54, 1.807) is 34.6 Å². The van der Waals surface area contributed by atoms with Crippen LogP contribution in [0, 0.1) is 23.7 Å². The largest absolute Gasteiger partial charge is 0.459 e. The summed E-state index contributed by atoms with van der Waals surface area (Å²) in [4.78, 5) is 18.7. The first kappa shape index (κ1) is 46.7. The first-order chi connectivity index (χ1) is 25.5. The summed E-state index contributed by atoms with van der Waals surface area (Å²) in [7, 11) is 5.34.